The minimum Gasteiger partial charge on any atom is -0.356 e. The van der Waals surface area contributed by atoms with Gasteiger partial charge in [0.2, 0.25) is 0 Å². The van der Waals surface area contributed by atoms with Gasteiger partial charge in [-0.2, -0.15) is 0 Å². The molecule has 1 aliphatic heterocycles. The molecule has 0 bridgehead atoms. The third-order valence-electron chi connectivity index (χ3n) is 3.46. The largest absolute Gasteiger partial charge is 0.356 e. The first-order valence-electron chi connectivity index (χ1n) is 6.52. The number of nitrogens with zero attached hydrogens (tertiary/aromatic N) is 2. The number of sulfonamides is 1. The van der Waals surface area contributed by atoms with Crippen molar-refractivity contribution in [3.05, 3.63) is 48.3 Å². The van der Waals surface area contributed by atoms with Gasteiger partial charge in [0, 0.05) is 39.1 Å². The van der Waals surface area contributed by atoms with Gasteiger partial charge in [-0.3, -0.25) is 4.31 Å². The quantitative estimate of drug-likeness (QED) is 0.908. The Labute approximate surface area is 118 Å². The van der Waals surface area contributed by atoms with Crippen molar-refractivity contribution in [3.8, 4) is 0 Å². The van der Waals surface area contributed by atoms with Crippen LogP contribution in [-0.2, 0) is 23.6 Å². The van der Waals surface area contributed by atoms with Crippen LogP contribution in [0.15, 0.2) is 47.6 Å². The number of aromatic nitrogens is 1. The molecular formula is C14H17N3O2S. The van der Waals surface area contributed by atoms with E-state index in [0.29, 0.717) is 24.5 Å². The molecular weight excluding hydrogens is 274 g/mol. The lowest BCUT2D eigenvalue weighted by Gasteiger charge is -2.23. The van der Waals surface area contributed by atoms with Crippen LogP contribution in [0.3, 0.4) is 0 Å². The Balaban J connectivity index is 2.09. The monoisotopic (exact) mass is 291 g/mol. The second-order valence-electron chi connectivity index (χ2n) is 4.90. The lowest BCUT2D eigenvalue weighted by molar-refractivity contribution is 0.589. The lowest BCUT2D eigenvalue weighted by Crippen LogP contribution is -2.34. The summed E-state index contributed by atoms with van der Waals surface area (Å²) in [4.78, 5) is 0.330. The molecule has 0 radical (unpaired) electrons. The van der Waals surface area contributed by atoms with Crippen molar-refractivity contribution in [1.29, 1.82) is 0 Å². The summed E-state index contributed by atoms with van der Waals surface area (Å²) in [7, 11) is -1.69. The first-order valence-corrected chi connectivity index (χ1v) is 7.96. The maximum Gasteiger partial charge on any atom is 0.265 e. The third-order valence-corrected chi connectivity index (χ3v) is 5.26. The smallest absolute Gasteiger partial charge is 0.265 e. The molecule has 0 amide bonds. The topological polar surface area (TPSA) is 54.3 Å². The number of hydrogen-bond acceptors (Lipinski definition) is 3. The van der Waals surface area contributed by atoms with E-state index in [4.69, 9.17) is 0 Å². The van der Waals surface area contributed by atoms with Crippen molar-refractivity contribution in [3.63, 3.8) is 0 Å². The van der Waals surface area contributed by atoms with E-state index in [1.165, 1.54) is 4.31 Å². The molecule has 0 spiro atoms. The van der Waals surface area contributed by atoms with Gasteiger partial charge in [-0.15, -0.1) is 0 Å². The molecule has 1 aromatic carbocycles. The number of hydrogen-bond donors (Lipinski definition) is 1. The van der Waals surface area contributed by atoms with Gasteiger partial charge in [0.1, 0.15) is 4.90 Å². The first-order chi connectivity index (χ1) is 9.59. The van der Waals surface area contributed by atoms with Crippen LogP contribution in [0.5, 0.6) is 0 Å². The highest BCUT2D eigenvalue weighted by atomic mass is 32.2. The molecule has 0 unspecified atom stereocenters. The summed E-state index contributed by atoms with van der Waals surface area (Å²) >= 11 is 0. The van der Waals surface area contributed by atoms with Crippen LogP contribution in [0.2, 0.25) is 0 Å². The second kappa shape index (κ2) is 4.96. The maximum atomic E-state index is 12.8. The van der Waals surface area contributed by atoms with Crippen molar-refractivity contribution >= 4 is 15.7 Å². The van der Waals surface area contributed by atoms with Crippen molar-refractivity contribution in [2.75, 3.05) is 17.4 Å². The van der Waals surface area contributed by atoms with Crippen molar-refractivity contribution < 1.29 is 8.42 Å². The van der Waals surface area contributed by atoms with Gasteiger partial charge in [-0.25, -0.2) is 8.42 Å². The van der Waals surface area contributed by atoms with Crippen LogP contribution >= 0.6 is 0 Å². The van der Waals surface area contributed by atoms with Gasteiger partial charge in [0.05, 0.1) is 5.69 Å². The molecule has 20 heavy (non-hydrogen) atoms. The molecule has 0 saturated carbocycles. The number of fused-ring (bicyclic) bond motifs is 1. The zero-order valence-electron chi connectivity index (χ0n) is 11.3. The predicted molar refractivity (Wildman–Crippen MR) is 78.1 cm³/mol. The molecule has 3 rings (SSSR count). The number of rotatable bonds is 2. The van der Waals surface area contributed by atoms with E-state index in [0.717, 1.165) is 11.3 Å². The number of aryl methyl sites for hydroxylation is 1. The van der Waals surface area contributed by atoms with Gasteiger partial charge in [0.15, 0.2) is 0 Å². The average Bonchev–Trinajstić information content (AvgIpc) is 2.75. The minimum atomic E-state index is -3.51. The highest BCUT2D eigenvalue weighted by Gasteiger charge is 2.28. The fourth-order valence-corrected chi connectivity index (χ4v) is 3.99. The van der Waals surface area contributed by atoms with Crippen LogP contribution in [0, 0.1) is 0 Å². The molecule has 2 aromatic rings. The number of benzene rings is 1. The van der Waals surface area contributed by atoms with E-state index >= 15 is 0 Å². The predicted octanol–water partition coefficient (Wildman–Crippen LogP) is 1.32. The Bertz CT molecular complexity index is 722. The molecule has 5 nitrogen and oxygen atoms in total. The number of para-hydroxylation sites is 1. The fraction of sp³-hybridized carbons (Fsp3) is 0.286. The highest BCUT2D eigenvalue weighted by Crippen LogP contribution is 2.28. The summed E-state index contributed by atoms with van der Waals surface area (Å²) in [6.45, 7) is 1.77. The summed E-state index contributed by atoms with van der Waals surface area (Å²) in [6.07, 6.45) is 3.38. The van der Waals surface area contributed by atoms with Crippen LogP contribution in [0.25, 0.3) is 0 Å². The SMILES string of the molecule is Cn1ccc(S(=O)(=O)N2CCNCc3ccccc32)c1. The Hall–Kier alpha value is -1.79. The fourth-order valence-electron chi connectivity index (χ4n) is 2.44. The highest BCUT2D eigenvalue weighted by molar-refractivity contribution is 7.92. The molecule has 1 aromatic heterocycles. The Morgan fingerprint density at radius 3 is 2.75 bits per heavy atom. The molecule has 1 N–H and O–H groups in total. The van der Waals surface area contributed by atoms with E-state index in [9.17, 15) is 8.42 Å². The van der Waals surface area contributed by atoms with Crippen LogP contribution < -0.4 is 9.62 Å². The van der Waals surface area contributed by atoms with Gasteiger partial charge in [-0.1, -0.05) is 18.2 Å². The zero-order valence-corrected chi connectivity index (χ0v) is 12.1. The van der Waals surface area contributed by atoms with Gasteiger partial charge in [0.25, 0.3) is 10.0 Å². The van der Waals surface area contributed by atoms with Gasteiger partial charge >= 0.3 is 0 Å². The zero-order chi connectivity index (χ0) is 14.2. The van der Waals surface area contributed by atoms with Crippen molar-refractivity contribution in [1.82, 2.24) is 9.88 Å². The van der Waals surface area contributed by atoms with Gasteiger partial charge < -0.3 is 9.88 Å². The summed E-state index contributed by atoms with van der Waals surface area (Å²) in [6, 6.07) is 9.26. The van der Waals surface area contributed by atoms with Crippen LogP contribution in [0.4, 0.5) is 5.69 Å². The Morgan fingerprint density at radius 1 is 1.20 bits per heavy atom. The summed E-state index contributed by atoms with van der Waals surface area (Å²) < 4.78 is 28.8. The van der Waals surface area contributed by atoms with E-state index in [1.54, 1.807) is 23.0 Å². The van der Waals surface area contributed by atoms with Crippen LogP contribution in [0.1, 0.15) is 5.56 Å². The van der Waals surface area contributed by atoms with E-state index in [1.807, 2.05) is 31.3 Å². The number of anilines is 1. The molecule has 1 aliphatic rings. The standard InChI is InChI=1S/C14H17N3O2S/c1-16-8-6-13(11-16)20(18,19)17-9-7-15-10-12-4-2-3-5-14(12)17/h2-6,8,11,15H,7,9-10H2,1H3. The second-order valence-corrected chi connectivity index (χ2v) is 6.76. The average molecular weight is 291 g/mol. The Morgan fingerprint density at radius 2 is 2.00 bits per heavy atom. The van der Waals surface area contributed by atoms with Crippen LogP contribution in [-0.4, -0.2) is 26.1 Å². The molecule has 106 valence electrons. The molecule has 0 saturated heterocycles. The minimum absolute atomic E-state index is 0.330. The first kappa shape index (κ1) is 13.2. The number of nitrogens with one attached hydrogen (secondary N) is 1. The van der Waals surface area contributed by atoms with E-state index in [-0.39, 0.29) is 0 Å². The van der Waals surface area contributed by atoms with Crippen molar-refractivity contribution in [2.24, 2.45) is 7.05 Å². The summed E-state index contributed by atoms with van der Waals surface area (Å²) in [5.74, 6) is 0. The van der Waals surface area contributed by atoms with Crippen molar-refractivity contribution in [2.45, 2.75) is 11.4 Å². The lowest BCUT2D eigenvalue weighted by atomic mass is 10.2. The molecule has 0 atom stereocenters. The molecule has 0 fully saturated rings. The Kier molecular flexibility index (Phi) is 3.27. The van der Waals surface area contributed by atoms with Gasteiger partial charge in [-0.05, 0) is 17.7 Å². The molecule has 2 heterocycles. The summed E-state index contributed by atoms with van der Waals surface area (Å²) in [5.41, 5.74) is 1.77. The maximum absolute atomic E-state index is 12.8. The summed E-state index contributed by atoms with van der Waals surface area (Å²) in [5, 5.41) is 3.25. The normalized spacial score (nSPS) is 15.8. The van der Waals surface area contributed by atoms with E-state index < -0.39 is 10.0 Å². The molecule has 0 aliphatic carbocycles. The molecule has 6 heteroatoms. The van der Waals surface area contributed by atoms with E-state index in [2.05, 4.69) is 5.32 Å². The third kappa shape index (κ3) is 2.21.